The van der Waals surface area contributed by atoms with Crippen LogP contribution >= 0.6 is 0 Å². The van der Waals surface area contributed by atoms with E-state index in [2.05, 4.69) is 19.1 Å². The fourth-order valence-electron chi connectivity index (χ4n) is 3.26. The van der Waals surface area contributed by atoms with Crippen LogP contribution in [0.5, 0.6) is 0 Å². The van der Waals surface area contributed by atoms with E-state index in [0.717, 1.165) is 19.3 Å². The normalized spacial score (nSPS) is 24.5. The van der Waals surface area contributed by atoms with Gasteiger partial charge in [-0.15, -0.1) is 0 Å². The molecule has 1 saturated heterocycles. The van der Waals surface area contributed by atoms with Crippen LogP contribution in [0.1, 0.15) is 77.6 Å². The summed E-state index contributed by atoms with van der Waals surface area (Å²) in [6.07, 6.45) is 15.2. The van der Waals surface area contributed by atoms with Crippen molar-refractivity contribution < 1.29 is 24.8 Å². The van der Waals surface area contributed by atoms with Crippen LogP contribution in [-0.2, 0) is 9.47 Å². The van der Waals surface area contributed by atoms with E-state index in [4.69, 9.17) is 14.6 Å². The van der Waals surface area contributed by atoms with Gasteiger partial charge in [0.1, 0.15) is 24.4 Å². The van der Waals surface area contributed by atoms with Crippen molar-refractivity contribution in [1.82, 2.24) is 0 Å². The number of ether oxygens (including phenoxy) is 2. The third kappa shape index (κ3) is 10.0. The summed E-state index contributed by atoms with van der Waals surface area (Å²) in [4.78, 5) is 0. The Bertz CT molecular complexity index is 347. The lowest BCUT2D eigenvalue weighted by molar-refractivity contribution is -0.0730. The lowest BCUT2D eigenvalue weighted by atomic mass is 10.1. The molecule has 154 valence electrons. The van der Waals surface area contributed by atoms with Gasteiger partial charge in [-0.2, -0.15) is 0 Å². The molecule has 1 aliphatic heterocycles. The Morgan fingerprint density at radius 1 is 1.00 bits per heavy atom. The minimum Gasteiger partial charge on any atom is -0.394 e. The highest BCUT2D eigenvalue weighted by Crippen LogP contribution is 2.20. The molecule has 0 aromatic rings. The molecule has 5 nitrogen and oxygen atoms in total. The van der Waals surface area contributed by atoms with Crippen LogP contribution in [0.2, 0.25) is 0 Å². The number of unbranched alkanes of at least 4 members (excludes halogenated alkanes) is 9. The molecule has 3 N–H and O–H groups in total. The Morgan fingerprint density at radius 3 is 2.23 bits per heavy atom. The van der Waals surface area contributed by atoms with E-state index in [1.807, 2.05) is 0 Å². The number of aliphatic hydroxyl groups excluding tert-OH is 3. The Balaban J connectivity index is 1.89. The highest BCUT2D eigenvalue weighted by Gasteiger charge is 2.40. The summed E-state index contributed by atoms with van der Waals surface area (Å²) in [5.74, 6) is 0. The lowest BCUT2D eigenvalue weighted by Gasteiger charge is -2.20. The van der Waals surface area contributed by atoms with E-state index in [1.165, 1.54) is 51.4 Å². The fraction of sp³-hybridized carbons (Fsp3) is 0.905. The van der Waals surface area contributed by atoms with Crippen LogP contribution in [0.15, 0.2) is 12.2 Å². The monoisotopic (exact) mass is 372 g/mol. The van der Waals surface area contributed by atoms with Gasteiger partial charge in [-0.1, -0.05) is 57.6 Å². The first-order valence-electron chi connectivity index (χ1n) is 10.6. The van der Waals surface area contributed by atoms with Crippen molar-refractivity contribution in [2.75, 3.05) is 19.8 Å². The summed E-state index contributed by atoms with van der Waals surface area (Å²) < 4.78 is 11.0. The number of aliphatic hydroxyl groups is 3. The van der Waals surface area contributed by atoms with E-state index in [-0.39, 0.29) is 6.61 Å². The maximum atomic E-state index is 10.0. The summed E-state index contributed by atoms with van der Waals surface area (Å²) in [5.41, 5.74) is 0. The largest absolute Gasteiger partial charge is 0.394 e. The fourth-order valence-corrected chi connectivity index (χ4v) is 3.26. The van der Waals surface area contributed by atoms with Crippen LogP contribution in [0.4, 0.5) is 0 Å². The van der Waals surface area contributed by atoms with Gasteiger partial charge in [-0.25, -0.2) is 0 Å². The highest BCUT2D eigenvalue weighted by atomic mass is 16.6. The highest BCUT2D eigenvalue weighted by molar-refractivity contribution is 4.88. The van der Waals surface area contributed by atoms with Crippen LogP contribution in [-0.4, -0.2) is 59.6 Å². The molecular formula is C21H40O5. The summed E-state index contributed by atoms with van der Waals surface area (Å²) in [6.45, 7) is 2.70. The first-order valence-corrected chi connectivity index (χ1v) is 10.6. The standard InChI is InChI=1S/C21H40O5/c1-2-3-4-5-6-7-8-9-10-11-12-13-14-15-25-19-17-26-21(20(19)24)18(23)16-22/h8-9,18-24H,2-7,10-17H2,1H3/b9-8+/t18-,19+,20+,21+/m0/s1. The van der Waals surface area contributed by atoms with Gasteiger partial charge in [0, 0.05) is 6.61 Å². The number of hydrogen-bond acceptors (Lipinski definition) is 5. The molecule has 0 unspecified atom stereocenters. The molecule has 4 atom stereocenters. The van der Waals surface area contributed by atoms with Crippen LogP contribution < -0.4 is 0 Å². The molecule has 0 aromatic heterocycles. The van der Waals surface area contributed by atoms with Gasteiger partial charge in [0.2, 0.25) is 0 Å². The molecule has 1 aliphatic rings. The van der Waals surface area contributed by atoms with Gasteiger partial charge >= 0.3 is 0 Å². The predicted octanol–water partition coefficient (Wildman–Crippen LogP) is 3.35. The molecule has 1 rings (SSSR count). The minimum absolute atomic E-state index is 0.270. The molecule has 0 amide bonds. The molecular weight excluding hydrogens is 332 g/mol. The smallest absolute Gasteiger partial charge is 0.114 e. The van der Waals surface area contributed by atoms with Gasteiger partial charge in [-0.05, 0) is 32.1 Å². The Kier molecular flexibility index (Phi) is 14.1. The van der Waals surface area contributed by atoms with Crippen molar-refractivity contribution in [3.63, 3.8) is 0 Å². The predicted molar refractivity (Wildman–Crippen MR) is 104 cm³/mol. The third-order valence-electron chi connectivity index (χ3n) is 4.97. The maximum Gasteiger partial charge on any atom is 0.114 e. The van der Waals surface area contributed by atoms with Crippen molar-refractivity contribution in [3.8, 4) is 0 Å². The Hall–Kier alpha value is -0.460. The molecule has 26 heavy (non-hydrogen) atoms. The molecule has 0 saturated carbocycles. The summed E-state index contributed by atoms with van der Waals surface area (Å²) in [6, 6.07) is 0. The van der Waals surface area contributed by atoms with Gasteiger partial charge in [0.25, 0.3) is 0 Å². The van der Waals surface area contributed by atoms with Crippen molar-refractivity contribution in [3.05, 3.63) is 12.2 Å². The minimum atomic E-state index is -1.05. The Morgan fingerprint density at radius 2 is 1.62 bits per heavy atom. The van der Waals surface area contributed by atoms with Crippen molar-refractivity contribution in [1.29, 1.82) is 0 Å². The molecule has 1 heterocycles. The maximum absolute atomic E-state index is 10.0. The van der Waals surface area contributed by atoms with E-state index in [0.29, 0.717) is 6.61 Å². The van der Waals surface area contributed by atoms with Crippen molar-refractivity contribution in [2.45, 2.75) is 102 Å². The van der Waals surface area contributed by atoms with Gasteiger partial charge < -0.3 is 24.8 Å². The second-order valence-corrected chi connectivity index (χ2v) is 7.32. The first-order chi connectivity index (χ1) is 12.7. The Labute approximate surface area is 159 Å². The lowest BCUT2D eigenvalue weighted by Crippen LogP contribution is -2.41. The molecule has 1 fully saturated rings. The molecule has 0 aliphatic carbocycles. The molecule has 0 spiro atoms. The zero-order chi connectivity index (χ0) is 19.0. The molecule has 0 radical (unpaired) electrons. The second-order valence-electron chi connectivity index (χ2n) is 7.32. The SMILES string of the molecule is CCCCCCC/C=C/CCCCCCO[C@@H]1CO[C@H]([C@@H](O)CO)[C@@H]1O. The average molecular weight is 373 g/mol. The summed E-state index contributed by atoms with van der Waals surface area (Å²) >= 11 is 0. The average Bonchev–Trinajstić information content (AvgIpc) is 3.02. The number of hydrogen-bond donors (Lipinski definition) is 3. The molecule has 0 bridgehead atoms. The van der Waals surface area contributed by atoms with Crippen LogP contribution in [0, 0.1) is 0 Å². The number of rotatable bonds is 16. The van der Waals surface area contributed by atoms with Crippen LogP contribution in [0.3, 0.4) is 0 Å². The summed E-state index contributed by atoms with van der Waals surface area (Å²) in [5, 5.41) is 28.5. The zero-order valence-electron chi connectivity index (χ0n) is 16.5. The summed E-state index contributed by atoms with van der Waals surface area (Å²) in [7, 11) is 0. The van der Waals surface area contributed by atoms with Crippen molar-refractivity contribution in [2.24, 2.45) is 0 Å². The van der Waals surface area contributed by atoms with Gasteiger partial charge in [0.05, 0.1) is 13.2 Å². The number of allylic oxidation sites excluding steroid dienone is 2. The first kappa shape index (κ1) is 23.6. The van der Waals surface area contributed by atoms with Crippen molar-refractivity contribution >= 4 is 0 Å². The van der Waals surface area contributed by atoms with Gasteiger partial charge in [0.15, 0.2) is 0 Å². The van der Waals surface area contributed by atoms with E-state index in [9.17, 15) is 10.2 Å². The molecule has 0 aromatic carbocycles. The zero-order valence-corrected chi connectivity index (χ0v) is 16.5. The van der Waals surface area contributed by atoms with E-state index >= 15 is 0 Å². The van der Waals surface area contributed by atoms with E-state index < -0.39 is 31.0 Å². The quantitative estimate of drug-likeness (QED) is 0.286. The van der Waals surface area contributed by atoms with E-state index in [1.54, 1.807) is 0 Å². The topological polar surface area (TPSA) is 79.2 Å². The van der Waals surface area contributed by atoms with Gasteiger partial charge in [-0.3, -0.25) is 0 Å². The third-order valence-corrected chi connectivity index (χ3v) is 4.97. The molecule has 5 heteroatoms. The second kappa shape index (κ2) is 15.6. The van der Waals surface area contributed by atoms with Crippen LogP contribution in [0.25, 0.3) is 0 Å².